The van der Waals surface area contributed by atoms with Crippen molar-refractivity contribution < 1.29 is 14.3 Å². The van der Waals surface area contributed by atoms with Crippen LogP contribution in [0.4, 0.5) is 0 Å². The van der Waals surface area contributed by atoms with Gasteiger partial charge in [-0.1, -0.05) is 6.07 Å². The summed E-state index contributed by atoms with van der Waals surface area (Å²) in [5.74, 6) is 2.28. The molecule has 0 saturated heterocycles. The number of benzene rings is 1. The van der Waals surface area contributed by atoms with Crippen LogP contribution in [0.2, 0.25) is 0 Å². The van der Waals surface area contributed by atoms with Gasteiger partial charge in [-0.15, -0.1) is 10.2 Å². The molecule has 1 heterocycles. The van der Waals surface area contributed by atoms with Crippen LogP contribution in [-0.4, -0.2) is 21.3 Å². The second-order valence-corrected chi connectivity index (χ2v) is 5.76. The molecule has 0 spiro atoms. The Labute approximate surface area is 115 Å². The Bertz CT molecular complexity index is 669. The highest BCUT2D eigenvalue weighted by Crippen LogP contribution is 2.57. The summed E-state index contributed by atoms with van der Waals surface area (Å²) < 4.78 is 5.74. The Morgan fingerprint density at radius 2 is 2.00 bits per heavy atom. The highest BCUT2D eigenvalue weighted by atomic mass is 16.4. The van der Waals surface area contributed by atoms with Crippen molar-refractivity contribution in [1.82, 2.24) is 10.2 Å². The molecule has 4 rings (SSSR count). The van der Waals surface area contributed by atoms with E-state index in [1.54, 1.807) is 24.3 Å². The summed E-state index contributed by atoms with van der Waals surface area (Å²) in [5, 5.41) is 17.2. The first-order chi connectivity index (χ1) is 9.70. The van der Waals surface area contributed by atoms with Crippen molar-refractivity contribution in [2.45, 2.75) is 25.2 Å². The zero-order chi connectivity index (χ0) is 13.7. The van der Waals surface area contributed by atoms with Gasteiger partial charge in [-0.25, -0.2) is 4.79 Å². The summed E-state index contributed by atoms with van der Waals surface area (Å²) in [6, 6.07) is 6.59. The van der Waals surface area contributed by atoms with Gasteiger partial charge in [0.05, 0.1) is 5.56 Å². The maximum absolute atomic E-state index is 11.0. The molecule has 2 aliphatic rings. The maximum Gasteiger partial charge on any atom is 0.335 e. The summed E-state index contributed by atoms with van der Waals surface area (Å²) in [6.45, 7) is 0. The monoisotopic (exact) mass is 270 g/mol. The molecule has 1 aromatic carbocycles. The summed E-state index contributed by atoms with van der Waals surface area (Å²) >= 11 is 0. The van der Waals surface area contributed by atoms with Crippen molar-refractivity contribution in [2.24, 2.45) is 11.8 Å². The first-order valence-electron chi connectivity index (χ1n) is 6.88. The summed E-state index contributed by atoms with van der Waals surface area (Å²) in [6.07, 6.45) is 3.67. The number of carbonyl (C=O) groups is 1. The Morgan fingerprint density at radius 1 is 1.20 bits per heavy atom. The molecule has 2 unspecified atom stereocenters. The predicted molar refractivity (Wildman–Crippen MR) is 70.3 cm³/mol. The van der Waals surface area contributed by atoms with Crippen molar-refractivity contribution in [2.75, 3.05) is 0 Å². The van der Waals surface area contributed by atoms with E-state index in [0.29, 0.717) is 23.3 Å². The van der Waals surface area contributed by atoms with E-state index in [0.717, 1.165) is 24.7 Å². The highest BCUT2D eigenvalue weighted by Gasteiger charge is 2.47. The van der Waals surface area contributed by atoms with Crippen LogP contribution in [-0.2, 0) is 0 Å². The van der Waals surface area contributed by atoms with Crippen LogP contribution >= 0.6 is 0 Å². The number of carboxylic acid groups (broad SMARTS) is 1. The summed E-state index contributed by atoms with van der Waals surface area (Å²) in [7, 11) is 0. The van der Waals surface area contributed by atoms with E-state index >= 15 is 0 Å². The molecule has 5 nitrogen and oxygen atoms in total. The number of aromatic carboxylic acids is 1. The summed E-state index contributed by atoms with van der Waals surface area (Å²) in [5.41, 5.74) is 0.885. The van der Waals surface area contributed by atoms with Crippen LogP contribution in [0, 0.1) is 11.8 Å². The number of aromatic nitrogens is 2. The van der Waals surface area contributed by atoms with E-state index in [2.05, 4.69) is 10.2 Å². The number of carboxylic acids is 1. The smallest absolute Gasteiger partial charge is 0.335 e. The van der Waals surface area contributed by atoms with Crippen LogP contribution in [0.1, 0.15) is 41.4 Å². The van der Waals surface area contributed by atoms with Crippen LogP contribution in [0.5, 0.6) is 0 Å². The van der Waals surface area contributed by atoms with Gasteiger partial charge in [0, 0.05) is 11.5 Å². The molecule has 0 radical (unpaired) electrons. The third-order valence-corrected chi connectivity index (χ3v) is 4.39. The lowest BCUT2D eigenvalue weighted by Gasteiger charge is -2.04. The highest BCUT2D eigenvalue weighted by molar-refractivity contribution is 5.88. The molecule has 102 valence electrons. The lowest BCUT2D eigenvalue weighted by atomic mass is 10.0. The summed E-state index contributed by atoms with van der Waals surface area (Å²) in [4.78, 5) is 11.0. The Balaban J connectivity index is 1.61. The Hall–Kier alpha value is -2.17. The van der Waals surface area contributed by atoms with Gasteiger partial charge >= 0.3 is 5.97 Å². The molecule has 0 aliphatic heterocycles. The second kappa shape index (κ2) is 4.16. The van der Waals surface area contributed by atoms with Gasteiger partial charge in [-0.05, 0) is 49.3 Å². The third-order valence-electron chi connectivity index (χ3n) is 4.39. The molecule has 0 amide bonds. The molecule has 2 fully saturated rings. The fourth-order valence-electron chi connectivity index (χ4n) is 3.22. The Morgan fingerprint density at radius 3 is 2.75 bits per heavy atom. The fraction of sp³-hybridized carbons (Fsp3) is 0.400. The SMILES string of the molecule is O=C(O)c1cccc(-c2nnc(C3CC4CC4C3)o2)c1. The van der Waals surface area contributed by atoms with E-state index in [1.165, 1.54) is 6.42 Å². The van der Waals surface area contributed by atoms with Gasteiger partial charge in [-0.2, -0.15) is 0 Å². The zero-order valence-corrected chi connectivity index (χ0v) is 10.8. The number of hydrogen-bond donors (Lipinski definition) is 1. The number of fused-ring (bicyclic) bond motifs is 1. The van der Waals surface area contributed by atoms with E-state index in [1.807, 2.05) is 0 Å². The molecular weight excluding hydrogens is 256 g/mol. The number of hydrogen-bond acceptors (Lipinski definition) is 4. The molecule has 1 aromatic heterocycles. The van der Waals surface area contributed by atoms with Crippen molar-refractivity contribution in [3.63, 3.8) is 0 Å². The minimum absolute atomic E-state index is 0.226. The molecular formula is C15H14N2O3. The second-order valence-electron chi connectivity index (χ2n) is 5.76. The van der Waals surface area contributed by atoms with E-state index in [9.17, 15) is 4.79 Å². The van der Waals surface area contributed by atoms with Crippen molar-refractivity contribution in [1.29, 1.82) is 0 Å². The molecule has 5 heteroatoms. The quantitative estimate of drug-likeness (QED) is 0.927. The van der Waals surface area contributed by atoms with Crippen molar-refractivity contribution in [3.05, 3.63) is 35.7 Å². The van der Waals surface area contributed by atoms with Crippen LogP contribution in [0.25, 0.3) is 11.5 Å². The average Bonchev–Trinajstić information content (AvgIpc) is 2.92. The molecule has 2 atom stereocenters. The standard InChI is InChI=1S/C15H14N2O3/c18-15(19)9-3-1-2-8(4-9)13-16-17-14(20-13)12-6-10-5-11(10)7-12/h1-4,10-12H,5-7H2,(H,18,19). The third kappa shape index (κ3) is 1.90. The average molecular weight is 270 g/mol. The predicted octanol–water partition coefficient (Wildman–Crippen LogP) is 2.95. The normalized spacial score (nSPS) is 27.3. The minimum Gasteiger partial charge on any atom is -0.478 e. The van der Waals surface area contributed by atoms with Crippen molar-refractivity contribution in [3.8, 4) is 11.5 Å². The maximum atomic E-state index is 11.0. The van der Waals surface area contributed by atoms with Crippen LogP contribution in [0.3, 0.4) is 0 Å². The van der Waals surface area contributed by atoms with Gasteiger partial charge < -0.3 is 9.52 Å². The topological polar surface area (TPSA) is 76.2 Å². The number of nitrogens with zero attached hydrogens (tertiary/aromatic N) is 2. The fourth-order valence-corrected chi connectivity index (χ4v) is 3.22. The van der Waals surface area contributed by atoms with Gasteiger partial charge in [0.15, 0.2) is 0 Å². The molecule has 20 heavy (non-hydrogen) atoms. The minimum atomic E-state index is -0.956. The molecule has 2 saturated carbocycles. The van der Waals surface area contributed by atoms with Crippen LogP contribution in [0.15, 0.2) is 28.7 Å². The lowest BCUT2D eigenvalue weighted by Crippen LogP contribution is -1.95. The molecule has 0 bridgehead atoms. The molecule has 2 aliphatic carbocycles. The largest absolute Gasteiger partial charge is 0.478 e. The zero-order valence-electron chi connectivity index (χ0n) is 10.8. The first-order valence-corrected chi connectivity index (χ1v) is 6.88. The van der Waals surface area contributed by atoms with Gasteiger partial charge in [0.1, 0.15) is 0 Å². The number of rotatable bonds is 3. The Kier molecular flexibility index (Phi) is 2.42. The van der Waals surface area contributed by atoms with E-state index < -0.39 is 5.97 Å². The first kappa shape index (κ1) is 11.6. The van der Waals surface area contributed by atoms with Gasteiger partial charge in [0.25, 0.3) is 0 Å². The molecule has 1 N–H and O–H groups in total. The van der Waals surface area contributed by atoms with E-state index in [4.69, 9.17) is 9.52 Å². The van der Waals surface area contributed by atoms with E-state index in [-0.39, 0.29) is 5.56 Å². The van der Waals surface area contributed by atoms with Crippen LogP contribution < -0.4 is 0 Å². The van der Waals surface area contributed by atoms with Gasteiger partial charge in [0.2, 0.25) is 11.8 Å². The lowest BCUT2D eigenvalue weighted by molar-refractivity contribution is 0.0697. The van der Waals surface area contributed by atoms with Gasteiger partial charge in [-0.3, -0.25) is 0 Å². The molecule has 2 aromatic rings. The van der Waals surface area contributed by atoms with Crippen molar-refractivity contribution >= 4 is 5.97 Å².